The van der Waals surface area contributed by atoms with E-state index >= 15 is 0 Å². The van der Waals surface area contributed by atoms with Gasteiger partial charge in [0.05, 0.1) is 6.61 Å². The zero-order valence-corrected chi connectivity index (χ0v) is 12.7. The van der Waals surface area contributed by atoms with Gasteiger partial charge >= 0.3 is 0 Å². The standard InChI is InChI=1S/C17H27NO/c1-12(17(2,3)4)10-15(18)13-7-8-16-14(11-13)6-5-9-19-16/h7-8,11-12,15H,5-6,9-10,18H2,1-4H3. The van der Waals surface area contributed by atoms with Crippen molar-refractivity contribution < 1.29 is 4.74 Å². The van der Waals surface area contributed by atoms with Crippen LogP contribution < -0.4 is 10.5 Å². The summed E-state index contributed by atoms with van der Waals surface area (Å²) in [6.07, 6.45) is 3.26. The summed E-state index contributed by atoms with van der Waals surface area (Å²) >= 11 is 0. The minimum absolute atomic E-state index is 0.126. The van der Waals surface area contributed by atoms with E-state index in [4.69, 9.17) is 10.5 Å². The van der Waals surface area contributed by atoms with Crippen molar-refractivity contribution in [1.82, 2.24) is 0 Å². The van der Waals surface area contributed by atoms with Gasteiger partial charge in [0.25, 0.3) is 0 Å². The Bertz CT molecular complexity index is 433. The summed E-state index contributed by atoms with van der Waals surface area (Å²) < 4.78 is 5.65. The van der Waals surface area contributed by atoms with Gasteiger partial charge in [0.15, 0.2) is 0 Å². The first-order chi connectivity index (χ1) is 8.88. The van der Waals surface area contributed by atoms with Crippen LogP contribution in [-0.2, 0) is 6.42 Å². The predicted molar refractivity (Wildman–Crippen MR) is 80.4 cm³/mol. The molecule has 2 atom stereocenters. The molecule has 106 valence electrons. The summed E-state index contributed by atoms with van der Waals surface area (Å²) in [4.78, 5) is 0. The molecule has 19 heavy (non-hydrogen) atoms. The first-order valence-electron chi connectivity index (χ1n) is 7.39. The summed E-state index contributed by atoms with van der Waals surface area (Å²) in [5, 5.41) is 0. The average Bonchev–Trinajstić information content (AvgIpc) is 2.37. The number of fused-ring (bicyclic) bond motifs is 1. The molecule has 0 bridgehead atoms. The van der Waals surface area contributed by atoms with Crippen molar-refractivity contribution >= 4 is 0 Å². The van der Waals surface area contributed by atoms with Crippen LogP contribution in [0.3, 0.4) is 0 Å². The molecule has 0 fully saturated rings. The summed E-state index contributed by atoms with van der Waals surface area (Å²) in [6.45, 7) is 9.99. The molecule has 2 N–H and O–H groups in total. The second kappa shape index (κ2) is 5.54. The molecule has 1 heterocycles. The Morgan fingerprint density at radius 3 is 2.74 bits per heavy atom. The quantitative estimate of drug-likeness (QED) is 0.889. The van der Waals surface area contributed by atoms with Gasteiger partial charge in [-0.1, -0.05) is 39.8 Å². The van der Waals surface area contributed by atoms with Gasteiger partial charge in [0.2, 0.25) is 0 Å². The third kappa shape index (κ3) is 3.50. The summed E-state index contributed by atoms with van der Waals surface area (Å²) in [5.74, 6) is 1.65. The van der Waals surface area contributed by atoms with Crippen LogP contribution in [0.5, 0.6) is 5.75 Å². The molecule has 0 aromatic heterocycles. The Balaban J connectivity index is 2.09. The van der Waals surface area contributed by atoms with Crippen LogP contribution in [0.15, 0.2) is 18.2 Å². The molecule has 0 spiro atoms. The van der Waals surface area contributed by atoms with Gasteiger partial charge in [-0.2, -0.15) is 0 Å². The molecule has 2 nitrogen and oxygen atoms in total. The molecular formula is C17H27NO. The summed E-state index contributed by atoms with van der Waals surface area (Å²) in [7, 11) is 0. The molecule has 1 aliphatic rings. The van der Waals surface area contributed by atoms with E-state index in [1.807, 2.05) is 0 Å². The average molecular weight is 261 g/mol. The van der Waals surface area contributed by atoms with Crippen molar-refractivity contribution in [3.05, 3.63) is 29.3 Å². The molecule has 1 aliphatic heterocycles. The number of hydrogen-bond acceptors (Lipinski definition) is 2. The van der Waals surface area contributed by atoms with Crippen molar-refractivity contribution in [1.29, 1.82) is 0 Å². The number of hydrogen-bond donors (Lipinski definition) is 1. The van der Waals surface area contributed by atoms with Gasteiger partial charge in [-0.25, -0.2) is 0 Å². The van der Waals surface area contributed by atoms with Crippen LogP contribution in [0.25, 0.3) is 0 Å². The fraction of sp³-hybridized carbons (Fsp3) is 0.647. The van der Waals surface area contributed by atoms with E-state index in [2.05, 4.69) is 45.9 Å². The van der Waals surface area contributed by atoms with Crippen LogP contribution >= 0.6 is 0 Å². The number of ether oxygens (including phenoxy) is 1. The minimum atomic E-state index is 0.126. The van der Waals surface area contributed by atoms with E-state index in [0.29, 0.717) is 11.3 Å². The Hall–Kier alpha value is -1.02. The molecule has 2 heteroatoms. The number of benzene rings is 1. The van der Waals surface area contributed by atoms with E-state index in [1.54, 1.807) is 0 Å². The zero-order valence-electron chi connectivity index (χ0n) is 12.7. The number of aryl methyl sites for hydroxylation is 1. The van der Waals surface area contributed by atoms with E-state index in [-0.39, 0.29) is 6.04 Å². The van der Waals surface area contributed by atoms with Gasteiger partial charge in [-0.05, 0) is 47.8 Å². The Morgan fingerprint density at radius 1 is 1.32 bits per heavy atom. The van der Waals surface area contributed by atoms with Gasteiger partial charge in [0, 0.05) is 6.04 Å². The molecule has 0 aliphatic carbocycles. The Morgan fingerprint density at radius 2 is 2.05 bits per heavy atom. The highest BCUT2D eigenvalue weighted by molar-refractivity contribution is 5.39. The lowest BCUT2D eigenvalue weighted by Crippen LogP contribution is -2.23. The van der Waals surface area contributed by atoms with Gasteiger partial charge in [-0.3, -0.25) is 0 Å². The molecule has 0 radical (unpaired) electrons. The first-order valence-corrected chi connectivity index (χ1v) is 7.39. The van der Waals surface area contributed by atoms with E-state index in [1.165, 1.54) is 11.1 Å². The highest BCUT2D eigenvalue weighted by atomic mass is 16.5. The highest BCUT2D eigenvalue weighted by Gasteiger charge is 2.23. The van der Waals surface area contributed by atoms with Gasteiger partial charge in [0.1, 0.15) is 5.75 Å². The molecule has 2 unspecified atom stereocenters. The Kier molecular flexibility index (Phi) is 4.19. The van der Waals surface area contributed by atoms with Crippen molar-refractivity contribution in [3.63, 3.8) is 0 Å². The summed E-state index contributed by atoms with van der Waals surface area (Å²) in [5.41, 5.74) is 9.27. The third-order valence-electron chi connectivity index (χ3n) is 4.45. The molecule has 0 saturated carbocycles. The maximum absolute atomic E-state index is 6.38. The smallest absolute Gasteiger partial charge is 0.122 e. The Labute approximate surface area is 117 Å². The predicted octanol–water partition coefficient (Wildman–Crippen LogP) is 4.08. The lowest BCUT2D eigenvalue weighted by atomic mass is 9.77. The molecule has 1 aromatic carbocycles. The van der Waals surface area contributed by atoms with Gasteiger partial charge in [-0.15, -0.1) is 0 Å². The molecule has 1 aromatic rings. The summed E-state index contributed by atoms with van der Waals surface area (Å²) in [6, 6.07) is 6.59. The largest absolute Gasteiger partial charge is 0.493 e. The maximum atomic E-state index is 6.38. The second-order valence-corrected chi connectivity index (χ2v) is 6.93. The van der Waals surface area contributed by atoms with Crippen LogP contribution in [0.4, 0.5) is 0 Å². The monoisotopic (exact) mass is 261 g/mol. The highest BCUT2D eigenvalue weighted by Crippen LogP contribution is 2.34. The number of rotatable bonds is 3. The van der Waals surface area contributed by atoms with E-state index in [0.717, 1.165) is 31.6 Å². The zero-order chi connectivity index (χ0) is 14.0. The van der Waals surface area contributed by atoms with Crippen molar-refractivity contribution in [2.45, 2.75) is 53.0 Å². The van der Waals surface area contributed by atoms with Crippen LogP contribution in [-0.4, -0.2) is 6.61 Å². The second-order valence-electron chi connectivity index (χ2n) is 6.93. The molecule has 0 saturated heterocycles. The third-order valence-corrected chi connectivity index (χ3v) is 4.45. The lowest BCUT2D eigenvalue weighted by Gasteiger charge is -2.30. The van der Waals surface area contributed by atoms with E-state index < -0.39 is 0 Å². The fourth-order valence-corrected chi connectivity index (χ4v) is 2.48. The van der Waals surface area contributed by atoms with Crippen LogP contribution in [0, 0.1) is 11.3 Å². The van der Waals surface area contributed by atoms with Crippen LogP contribution in [0.1, 0.15) is 57.7 Å². The normalized spacial score (nSPS) is 18.4. The first kappa shape index (κ1) is 14.4. The molecule has 2 rings (SSSR count). The molecular weight excluding hydrogens is 234 g/mol. The molecule has 0 amide bonds. The van der Waals surface area contributed by atoms with Crippen molar-refractivity contribution in [3.8, 4) is 5.75 Å². The maximum Gasteiger partial charge on any atom is 0.122 e. The van der Waals surface area contributed by atoms with Crippen molar-refractivity contribution in [2.24, 2.45) is 17.1 Å². The number of nitrogens with two attached hydrogens (primary N) is 1. The van der Waals surface area contributed by atoms with Crippen molar-refractivity contribution in [2.75, 3.05) is 6.61 Å². The lowest BCUT2D eigenvalue weighted by molar-refractivity contribution is 0.233. The van der Waals surface area contributed by atoms with Crippen LogP contribution in [0.2, 0.25) is 0 Å². The topological polar surface area (TPSA) is 35.2 Å². The minimum Gasteiger partial charge on any atom is -0.493 e. The fourth-order valence-electron chi connectivity index (χ4n) is 2.48. The SMILES string of the molecule is CC(CC(N)c1ccc2c(c1)CCCO2)C(C)(C)C. The van der Waals surface area contributed by atoms with Gasteiger partial charge < -0.3 is 10.5 Å². The van der Waals surface area contributed by atoms with E-state index in [9.17, 15) is 0 Å².